The van der Waals surface area contributed by atoms with Crippen molar-refractivity contribution in [3.63, 3.8) is 0 Å². The predicted molar refractivity (Wildman–Crippen MR) is 144 cm³/mol. The highest BCUT2D eigenvalue weighted by Crippen LogP contribution is 2.30. The fourth-order valence-corrected chi connectivity index (χ4v) is 4.40. The Bertz CT molecular complexity index is 1250. The number of benzene rings is 3. The van der Waals surface area contributed by atoms with Crippen LogP contribution in [0.5, 0.6) is 11.5 Å². The second-order valence-corrected chi connectivity index (χ2v) is 8.91. The molecule has 1 saturated heterocycles. The van der Waals surface area contributed by atoms with Crippen LogP contribution in [0.1, 0.15) is 25.3 Å². The van der Waals surface area contributed by atoms with E-state index in [1.807, 2.05) is 6.92 Å². The van der Waals surface area contributed by atoms with Crippen LogP contribution >= 0.6 is 12.2 Å². The number of rotatable bonds is 10. The molecule has 2 amide bonds. The van der Waals surface area contributed by atoms with Gasteiger partial charge in [0.25, 0.3) is 5.91 Å². The highest BCUT2D eigenvalue weighted by Gasteiger charge is 2.44. The SMILES string of the molecule is CCCOc1ccc(NC(=O)C[C@@H]2C(=O)N(c3ccc(OC)cc3)C(=S)N2Cc2ccc(F)cc2)cc1. The van der Waals surface area contributed by atoms with Crippen LogP contribution in [-0.4, -0.2) is 41.6 Å². The van der Waals surface area contributed by atoms with Gasteiger partial charge in [0.05, 0.1) is 25.8 Å². The molecule has 0 bridgehead atoms. The molecule has 37 heavy (non-hydrogen) atoms. The number of hydrogen-bond donors (Lipinski definition) is 1. The minimum absolute atomic E-state index is 0.110. The lowest BCUT2D eigenvalue weighted by atomic mass is 10.1. The first-order chi connectivity index (χ1) is 17.9. The normalized spacial score (nSPS) is 15.2. The lowest BCUT2D eigenvalue weighted by molar-refractivity contribution is -0.124. The Balaban J connectivity index is 1.53. The van der Waals surface area contributed by atoms with Crippen LogP contribution in [0, 0.1) is 5.82 Å². The van der Waals surface area contributed by atoms with Gasteiger partial charge in [-0.2, -0.15) is 0 Å². The molecule has 3 aromatic rings. The Morgan fingerprint density at radius 2 is 1.65 bits per heavy atom. The summed E-state index contributed by atoms with van der Waals surface area (Å²) < 4.78 is 24.2. The van der Waals surface area contributed by atoms with Crippen molar-refractivity contribution >= 4 is 40.5 Å². The molecule has 0 aromatic heterocycles. The number of carbonyl (C=O) groups is 2. The number of carbonyl (C=O) groups excluding carboxylic acids is 2. The van der Waals surface area contributed by atoms with Gasteiger partial charge in [-0.3, -0.25) is 14.5 Å². The molecular weight excluding hydrogens is 493 g/mol. The van der Waals surface area contributed by atoms with Crippen LogP contribution < -0.4 is 19.7 Å². The van der Waals surface area contributed by atoms with Crippen molar-refractivity contribution < 1.29 is 23.5 Å². The Kier molecular flexibility index (Phi) is 8.35. The van der Waals surface area contributed by atoms with Gasteiger partial charge in [0.15, 0.2) is 5.11 Å². The van der Waals surface area contributed by atoms with Crippen LogP contribution in [0.2, 0.25) is 0 Å². The fraction of sp³-hybridized carbons (Fsp3) is 0.250. The van der Waals surface area contributed by atoms with E-state index < -0.39 is 6.04 Å². The maximum absolute atomic E-state index is 13.6. The van der Waals surface area contributed by atoms with Crippen LogP contribution in [-0.2, 0) is 16.1 Å². The van der Waals surface area contributed by atoms with E-state index in [2.05, 4.69) is 5.32 Å². The predicted octanol–water partition coefficient (Wildman–Crippen LogP) is 5.15. The molecule has 1 atom stereocenters. The summed E-state index contributed by atoms with van der Waals surface area (Å²) in [5, 5.41) is 3.12. The summed E-state index contributed by atoms with van der Waals surface area (Å²) in [5.74, 6) is 0.369. The van der Waals surface area contributed by atoms with E-state index in [9.17, 15) is 14.0 Å². The fourth-order valence-electron chi connectivity index (χ4n) is 4.01. The average molecular weight is 522 g/mol. The Morgan fingerprint density at radius 1 is 1.00 bits per heavy atom. The summed E-state index contributed by atoms with van der Waals surface area (Å²) in [6.07, 6.45) is 0.790. The number of methoxy groups -OCH3 is 1. The largest absolute Gasteiger partial charge is 0.497 e. The van der Waals surface area contributed by atoms with E-state index in [-0.39, 0.29) is 35.7 Å². The Labute approximate surface area is 220 Å². The van der Waals surface area contributed by atoms with E-state index in [0.29, 0.717) is 23.7 Å². The van der Waals surface area contributed by atoms with Crippen molar-refractivity contribution in [2.45, 2.75) is 32.4 Å². The van der Waals surface area contributed by atoms with Crippen LogP contribution in [0.4, 0.5) is 15.8 Å². The average Bonchev–Trinajstić information content (AvgIpc) is 3.13. The number of anilines is 2. The van der Waals surface area contributed by atoms with Crippen molar-refractivity contribution in [3.05, 3.63) is 84.2 Å². The third kappa shape index (κ3) is 6.24. The number of nitrogens with zero attached hydrogens (tertiary/aromatic N) is 2. The second-order valence-electron chi connectivity index (χ2n) is 8.55. The zero-order valence-electron chi connectivity index (χ0n) is 20.6. The van der Waals surface area contributed by atoms with Crippen LogP contribution in [0.25, 0.3) is 0 Å². The van der Waals surface area contributed by atoms with E-state index in [0.717, 1.165) is 17.7 Å². The number of nitrogens with one attached hydrogen (secondary N) is 1. The number of thiocarbonyl (C=S) groups is 1. The zero-order chi connectivity index (χ0) is 26.4. The topological polar surface area (TPSA) is 71.1 Å². The van der Waals surface area contributed by atoms with E-state index >= 15 is 0 Å². The molecule has 0 radical (unpaired) electrons. The van der Waals surface area contributed by atoms with Crippen molar-refractivity contribution in [2.24, 2.45) is 0 Å². The molecule has 1 fully saturated rings. The quantitative estimate of drug-likeness (QED) is 0.372. The van der Waals surface area contributed by atoms with Crippen molar-refractivity contribution in [1.29, 1.82) is 0 Å². The highest BCUT2D eigenvalue weighted by atomic mass is 32.1. The Morgan fingerprint density at radius 3 is 2.27 bits per heavy atom. The molecule has 7 nitrogen and oxygen atoms in total. The molecule has 1 N–H and O–H groups in total. The van der Waals surface area contributed by atoms with Gasteiger partial charge in [0.1, 0.15) is 23.4 Å². The molecule has 4 rings (SSSR count). The highest BCUT2D eigenvalue weighted by molar-refractivity contribution is 7.80. The number of hydrogen-bond acceptors (Lipinski definition) is 5. The van der Waals surface area contributed by atoms with Gasteiger partial charge in [-0.1, -0.05) is 19.1 Å². The monoisotopic (exact) mass is 521 g/mol. The summed E-state index contributed by atoms with van der Waals surface area (Å²) >= 11 is 5.70. The first kappa shape index (κ1) is 26.1. The maximum Gasteiger partial charge on any atom is 0.256 e. The van der Waals surface area contributed by atoms with Gasteiger partial charge in [0.2, 0.25) is 5.91 Å². The van der Waals surface area contributed by atoms with Gasteiger partial charge in [0, 0.05) is 12.2 Å². The first-order valence-electron chi connectivity index (χ1n) is 12.0. The third-order valence-electron chi connectivity index (χ3n) is 5.91. The molecule has 0 saturated carbocycles. The van der Waals surface area contributed by atoms with Gasteiger partial charge in [-0.05, 0) is 84.9 Å². The molecule has 0 aliphatic carbocycles. The first-order valence-corrected chi connectivity index (χ1v) is 12.4. The van der Waals surface area contributed by atoms with Crippen LogP contribution in [0.15, 0.2) is 72.8 Å². The van der Waals surface area contributed by atoms with E-state index in [1.54, 1.807) is 72.7 Å². The number of halogens is 1. The molecule has 0 unspecified atom stereocenters. The van der Waals surface area contributed by atoms with E-state index in [1.165, 1.54) is 17.0 Å². The van der Waals surface area contributed by atoms with Crippen molar-refractivity contribution in [1.82, 2.24) is 4.90 Å². The molecule has 3 aromatic carbocycles. The van der Waals surface area contributed by atoms with Crippen molar-refractivity contribution in [3.8, 4) is 11.5 Å². The minimum Gasteiger partial charge on any atom is -0.497 e. The number of ether oxygens (including phenoxy) is 2. The molecular formula is C28H28FN3O4S. The third-order valence-corrected chi connectivity index (χ3v) is 6.32. The van der Waals surface area contributed by atoms with Crippen molar-refractivity contribution in [2.75, 3.05) is 23.9 Å². The van der Waals surface area contributed by atoms with Gasteiger partial charge in [-0.15, -0.1) is 0 Å². The second kappa shape index (κ2) is 11.8. The van der Waals surface area contributed by atoms with E-state index in [4.69, 9.17) is 21.7 Å². The molecule has 192 valence electrons. The number of amides is 2. The molecule has 1 heterocycles. The smallest absolute Gasteiger partial charge is 0.256 e. The molecule has 1 aliphatic heterocycles. The Hall–Kier alpha value is -3.98. The van der Waals surface area contributed by atoms with Gasteiger partial charge < -0.3 is 19.7 Å². The summed E-state index contributed by atoms with van der Waals surface area (Å²) in [4.78, 5) is 29.7. The maximum atomic E-state index is 13.6. The standard InChI is InChI=1S/C28H28FN3O4S/c1-3-16-36-24-12-8-21(9-13-24)30-26(33)17-25-27(34)32(22-10-14-23(35-2)15-11-22)28(37)31(25)18-19-4-6-20(29)7-5-19/h4-15,25H,3,16-18H2,1-2H3,(H,30,33)/t25-/m1/s1. The molecule has 9 heteroatoms. The lowest BCUT2D eigenvalue weighted by Gasteiger charge is -2.24. The molecule has 1 aliphatic rings. The lowest BCUT2D eigenvalue weighted by Crippen LogP contribution is -2.37. The van der Waals surface area contributed by atoms with Gasteiger partial charge >= 0.3 is 0 Å². The summed E-state index contributed by atoms with van der Waals surface area (Å²) in [6, 6.07) is 19.2. The minimum atomic E-state index is -0.827. The summed E-state index contributed by atoms with van der Waals surface area (Å²) in [5.41, 5.74) is 1.94. The molecule has 0 spiro atoms. The zero-order valence-corrected chi connectivity index (χ0v) is 21.5. The van der Waals surface area contributed by atoms with Gasteiger partial charge in [-0.25, -0.2) is 4.39 Å². The van der Waals surface area contributed by atoms with Crippen LogP contribution in [0.3, 0.4) is 0 Å². The summed E-state index contributed by atoms with van der Waals surface area (Å²) in [7, 11) is 1.56. The summed E-state index contributed by atoms with van der Waals surface area (Å²) in [6.45, 7) is 2.89.